The fourth-order valence-corrected chi connectivity index (χ4v) is 2.43. The van der Waals surface area contributed by atoms with E-state index in [9.17, 15) is 0 Å². The summed E-state index contributed by atoms with van der Waals surface area (Å²) in [5, 5.41) is 0. The van der Waals surface area contributed by atoms with Gasteiger partial charge in [-0.3, -0.25) is 4.90 Å². The van der Waals surface area contributed by atoms with Gasteiger partial charge in [0.05, 0.1) is 0 Å². The van der Waals surface area contributed by atoms with Gasteiger partial charge in [-0.2, -0.15) is 0 Å². The Morgan fingerprint density at radius 3 is 2.18 bits per heavy atom. The number of benzene rings is 1. The molecule has 2 heteroatoms. The zero-order valence-corrected chi connectivity index (χ0v) is 10.4. The third-order valence-corrected chi connectivity index (χ3v) is 3.90. The molecule has 0 aliphatic heterocycles. The van der Waals surface area contributed by atoms with Gasteiger partial charge in [0.25, 0.3) is 0 Å². The van der Waals surface area contributed by atoms with E-state index in [4.69, 9.17) is 5.73 Å². The van der Waals surface area contributed by atoms with Gasteiger partial charge in [0.2, 0.25) is 0 Å². The molecule has 0 heterocycles. The van der Waals surface area contributed by atoms with Crippen LogP contribution >= 0.6 is 0 Å². The summed E-state index contributed by atoms with van der Waals surface area (Å²) in [4.78, 5) is 2.69. The zero-order valence-electron chi connectivity index (χ0n) is 10.4. The molecule has 0 bridgehead atoms. The van der Waals surface area contributed by atoms with Crippen molar-refractivity contribution in [2.75, 3.05) is 6.54 Å². The third-order valence-electron chi connectivity index (χ3n) is 3.90. The van der Waals surface area contributed by atoms with E-state index in [0.29, 0.717) is 6.54 Å². The van der Waals surface area contributed by atoms with Gasteiger partial charge < -0.3 is 5.73 Å². The van der Waals surface area contributed by atoms with Crippen LogP contribution in [0.4, 0.5) is 0 Å². The lowest BCUT2D eigenvalue weighted by atomic mass is 10.1. The molecule has 0 unspecified atom stereocenters. The van der Waals surface area contributed by atoms with E-state index >= 15 is 0 Å². The van der Waals surface area contributed by atoms with Crippen molar-refractivity contribution >= 4 is 0 Å². The molecular formula is C15H22N2. The molecule has 2 aliphatic carbocycles. The van der Waals surface area contributed by atoms with Crippen LogP contribution in [0.15, 0.2) is 24.3 Å². The molecule has 17 heavy (non-hydrogen) atoms. The maximum absolute atomic E-state index is 5.62. The lowest BCUT2D eigenvalue weighted by Crippen LogP contribution is -2.27. The smallest absolute Gasteiger partial charge is 0.0236 e. The maximum Gasteiger partial charge on any atom is 0.0236 e. The average molecular weight is 230 g/mol. The second-order valence-electron chi connectivity index (χ2n) is 5.62. The first-order valence-corrected chi connectivity index (χ1v) is 6.87. The minimum Gasteiger partial charge on any atom is -0.326 e. The second-order valence-corrected chi connectivity index (χ2v) is 5.62. The molecule has 1 aromatic rings. The molecule has 2 fully saturated rings. The molecule has 1 aromatic carbocycles. The van der Waals surface area contributed by atoms with Crippen LogP contribution in [-0.4, -0.2) is 17.5 Å². The Labute approximate surface area is 104 Å². The van der Waals surface area contributed by atoms with Gasteiger partial charge in [-0.25, -0.2) is 0 Å². The van der Waals surface area contributed by atoms with Crippen LogP contribution in [0.2, 0.25) is 0 Å². The van der Waals surface area contributed by atoms with Crippen LogP contribution < -0.4 is 5.73 Å². The highest BCUT2D eigenvalue weighted by atomic mass is 15.2. The van der Waals surface area contributed by atoms with Crippen LogP contribution in [0.3, 0.4) is 0 Å². The summed E-state index contributed by atoms with van der Waals surface area (Å²) in [6, 6.07) is 9.69. The van der Waals surface area contributed by atoms with Crippen LogP contribution in [0.5, 0.6) is 0 Å². The molecule has 0 aromatic heterocycles. The summed E-state index contributed by atoms with van der Waals surface area (Å²) in [7, 11) is 0. The first-order chi connectivity index (χ1) is 8.35. The third kappa shape index (κ3) is 3.08. The molecule has 2 aliphatic rings. The van der Waals surface area contributed by atoms with Crippen LogP contribution in [0.25, 0.3) is 0 Å². The number of rotatable bonds is 6. The van der Waals surface area contributed by atoms with Crippen molar-refractivity contribution in [3.63, 3.8) is 0 Å². The molecule has 0 spiro atoms. The van der Waals surface area contributed by atoms with Gasteiger partial charge in [-0.15, -0.1) is 0 Å². The SMILES string of the molecule is NCc1ccc(CN(CC2CC2)C2CC2)cc1. The van der Waals surface area contributed by atoms with Crippen LogP contribution in [0.1, 0.15) is 36.8 Å². The lowest BCUT2D eigenvalue weighted by molar-refractivity contribution is 0.244. The van der Waals surface area contributed by atoms with Crippen molar-refractivity contribution in [3.8, 4) is 0 Å². The van der Waals surface area contributed by atoms with Gasteiger partial charge in [0.15, 0.2) is 0 Å². The summed E-state index contributed by atoms with van der Waals surface area (Å²) in [6.45, 7) is 3.10. The molecule has 0 saturated heterocycles. The Bertz CT molecular complexity index is 363. The summed E-state index contributed by atoms with van der Waals surface area (Å²) in [5.74, 6) is 0.999. The highest BCUT2D eigenvalue weighted by molar-refractivity contribution is 5.22. The van der Waals surface area contributed by atoms with Gasteiger partial charge in [-0.1, -0.05) is 24.3 Å². The second kappa shape index (κ2) is 4.79. The first kappa shape index (κ1) is 11.2. The van der Waals surface area contributed by atoms with Crippen LogP contribution in [0, 0.1) is 5.92 Å². The molecule has 0 radical (unpaired) electrons. The largest absolute Gasteiger partial charge is 0.326 e. The Kier molecular flexibility index (Phi) is 3.17. The summed E-state index contributed by atoms with van der Waals surface area (Å²) < 4.78 is 0. The normalized spacial score (nSPS) is 19.9. The number of nitrogens with zero attached hydrogens (tertiary/aromatic N) is 1. The summed E-state index contributed by atoms with van der Waals surface area (Å²) in [5.41, 5.74) is 8.29. The molecule has 0 amide bonds. The average Bonchev–Trinajstić information content (AvgIpc) is 3.22. The Morgan fingerprint density at radius 1 is 1.00 bits per heavy atom. The van der Waals surface area contributed by atoms with E-state index < -0.39 is 0 Å². The van der Waals surface area contributed by atoms with E-state index in [2.05, 4.69) is 29.2 Å². The first-order valence-electron chi connectivity index (χ1n) is 6.87. The van der Waals surface area contributed by atoms with E-state index in [1.54, 1.807) is 0 Å². The minimum absolute atomic E-state index is 0.648. The molecule has 2 saturated carbocycles. The van der Waals surface area contributed by atoms with Crippen molar-refractivity contribution < 1.29 is 0 Å². The predicted molar refractivity (Wildman–Crippen MR) is 70.5 cm³/mol. The highest BCUT2D eigenvalue weighted by Gasteiger charge is 2.33. The Balaban J connectivity index is 1.61. The van der Waals surface area contributed by atoms with Crippen molar-refractivity contribution in [2.24, 2.45) is 11.7 Å². The van der Waals surface area contributed by atoms with E-state index in [1.165, 1.54) is 43.4 Å². The molecule has 3 rings (SSSR count). The Morgan fingerprint density at radius 2 is 1.65 bits per heavy atom. The topological polar surface area (TPSA) is 29.3 Å². The van der Waals surface area contributed by atoms with E-state index in [0.717, 1.165) is 18.5 Å². The van der Waals surface area contributed by atoms with Crippen molar-refractivity contribution in [2.45, 2.75) is 44.8 Å². The Hall–Kier alpha value is -0.860. The highest BCUT2D eigenvalue weighted by Crippen LogP contribution is 2.35. The van der Waals surface area contributed by atoms with Gasteiger partial charge in [0.1, 0.15) is 0 Å². The molecule has 92 valence electrons. The quantitative estimate of drug-likeness (QED) is 0.813. The molecule has 0 atom stereocenters. The van der Waals surface area contributed by atoms with Gasteiger partial charge in [0, 0.05) is 25.7 Å². The number of hydrogen-bond acceptors (Lipinski definition) is 2. The monoisotopic (exact) mass is 230 g/mol. The van der Waals surface area contributed by atoms with Gasteiger partial charge >= 0.3 is 0 Å². The van der Waals surface area contributed by atoms with E-state index in [1.807, 2.05) is 0 Å². The fraction of sp³-hybridized carbons (Fsp3) is 0.600. The number of hydrogen-bond donors (Lipinski definition) is 1. The predicted octanol–water partition coefficient (Wildman–Crippen LogP) is 2.52. The summed E-state index contributed by atoms with van der Waals surface area (Å²) >= 11 is 0. The molecule has 2 nitrogen and oxygen atoms in total. The van der Waals surface area contributed by atoms with Crippen molar-refractivity contribution in [1.29, 1.82) is 0 Å². The maximum atomic E-state index is 5.62. The van der Waals surface area contributed by atoms with Crippen molar-refractivity contribution in [1.82, 2.24) is 4.90 Å². The van der Waals surface area contributed by atoms with E-state index in [-0.39, 0.29) is 0 Å². The standard InChI is InChI=1S/C15H22N2/c16-9-12-1-3-13(4-2-12)10-17(15-7-8-15)11-14-5-6-14/h1-4,14-15H,5-11,16H2. The zero-order chi connectivity index (χ0) is 11.7. The minimum atomic E-state index is 0.648. The number of nitrogens with two attached hydrogens (primary N) is 1. The molecular weight excluding hydrogens is 208 g/mol. The van der Waals surface area contributed by atoms with Crippen LogP contribution in [-0.2, 0) is 13.1 Å². The van der Waals surface area contributed by atoms with Gasteiger partial charge in [-0.05, 0) is 42.7 Å². The summed E-state index contributed by atoms with van der Waals surface area (Å²) in [6.07, 6.45) is 5.73. The molecule has 2 N–H and O–H groups in total. The lowest BCUT2D eigenvalue weighted by Gasteiger charge is -2.22. The fourth-order valence-electron chi connectivity index (χ4n) is 2.43. The van der Waals surface area contributed by atoms with Crippen molar-refractivity contribution in [3.05, 3.63) is 35.4 Å².